The fraction of sp³-hybridized carbons (Fsp3) is 0.286. The summed E-state index contributed by atoms with van der Waals surface area (Å²) >= 11 is 3.60. The minimum atomic E-state index is -0.325. The predicted molar refractivity (Wildman–Crippen MR) is 108 cm³/mol. The molecule has 7 heteroatoms. The molecular formula is C21H20BrFN2O3. The highest BCUT2D eigenvalue weighted by Gasteiger charge is 2.17. The van der Waals surface area contributed by atoms with Gasteiger partial charge in [-0.2, -0.15) is 0 Å². The molecule has 0 aliphatic carbocycles. The molecule has 1 aromatic heterocycles. The summed E-state index contributed by atoms with van der Waals surface area (Å²) in [7, 11) is 0. The highest BCUT2D eigenvalue weighted by atomic mass is 79.9. The summed E-state index contributed by atoms with van der Waals surface area (Å²) in [6.45, 7) is 3.10. The molecule has 0 saturated heterocycles. The van der Waals surface area contributed by atoms with E-state index in [1.165, 1.54) is 12.1 Å². The van der Waals surface area contributed by atoms with Crippen molar-refractivity contribution in [3.8, 4) is 5.75 Å². The van der Waals surface area contributed by atoms with Gasteiger partial charge < -0.3 is 19.4 Å². The van der Waals surface area contributed by atoms with Crippen LogP contribution in [-0.2, 0) is 29.1 Å². The smallest absolute Gasteiger partial charge is 0.239 e. The van der Waals surface area contributed by atoms with Crippen LogP contribution in [0.5, 0.6) is 5.75 Å². The Morgan fingerprint density at radius 2 is 2.14 bits per heavy atom. The minimum absolute atomic E-state index is 0.0918. The fourth-order valence-corrected chi connectivity index (χ4v) is 4.12. The van der Waals surface area contributed by atoms with Gasteiger partial charge in [-0.3, -0.25) is 4.79 Å². The zero-order chi connectivity index (χ0) is 19.7. The van der Waals surface area contributed by atoms with Crippen LogP contribution in [0.1, 0.15) is 16.8 Å². The summed E-state index contributed by atoms with van der Waals surface area (Å²) in [6, 6.07) is 10.8. The van der Waals surface area contributed by atoms with Crippen molar-refractivity contribution >= 4 is 32.7 Å². The molecule has 28 heavy (non-hydrogen) atoms. The monoisotopic (exact) mass is 446 g/mol. The topological polar surface area (TPSA) is 52.5 Å². The minimum Gasteiger partial charge on any atom is -0.467 e. The number of carbonyl (C=O) groups excluding carboxylic acids is 1. The number of fused-ring (bicyclic) bond motifs is 2. The number of ether oxygens (including phenoxy) is 2. The van der Waals surface area contributed by atoms with Gasteiger partial charge in [0.15, 0.2) is 6.79 Å². The van der Waals surface area contributed by atoms with Crippen LogP contribution in [0.4, 0.5) is 4.39 Å². The maximum atomic E-state index is 13.8. The van der Waals surface area contributed by atoms with E-state index in [1.807, 2.05) is 35.8 Å². The van der Waals surface area contributed by atoms with E-state index in [9.17, 15) is 9.18 Å². The molecule has 0 bridgehead atoms. The zero-order valence-electron chi connectivity index (χ0n) is 15.4. The van der Waals surface area contributed by atoms with Crippen LogP contribution >= 0.6 is 15.9 Å². The second-order valence-electron chi connectivity index (χ2n) is 6.77. The Hall–Kier alpha value is -2.38. The molecule has 0 atom stereocenters. The molecule has 1 amide bonds. The van der Waals surface area contributed by atoms with Crippen molar-refractivity contribution < 1.29 is 18.7 Å². The van der Waals surface area contributed by atoms with Gasteiger partial charge in [-0.15, -0.1) is 0 Å². The van der Waals surface area contributed by atoms with E-state index >= 15 is 0 Å². The van der Waals surface area contributed by atoms with Crippen LogP contribution in [-0.4, -0.2) is 23.8 Å². The quantitative estimate of drug-likeness (QED) is 0.642. The van der Waals surface area contributed by atoms with Crippen LogP contribution in [0.25, 0.3) is 10.9 Å². The first-order valence-corrected chi connectivity index (χ1v) is 9.85. The number of rotatable bonds is 5. The molecule has 2 heterocycles. The maximum Gasteiger partial charge on any atom is 0.239 e. The zero-order valence-corrected chi connectivity index (χ0v) is 17.0. The number of aromatic nitrogens is 1. The summed E-state index contributed by atoms with van der Waals surface area (Å²) in [6.07, 6.45) is 0.487. The summed E-state index contributed by atoms with van der Waals surface area (Å²) in [5.41, 5.74) is 3.45. The van der Waals surface area contributed by atoms with Crippen molar-refractivity contribution in [3.63, 3.8) is 0 Å². The van der Waals surface area contributed by atoms with Gasteiger partial charge in [0.05, 0.1) is 6.61 Å². The van der Waals surface area contributed by atoms with Gasteiger partial charge in [0.25, 0.3) is 0 Å². The van der Waals surface area contributed by atoms with Crippen LogP contribution in [0.3, 0.4) is 0 Å². The number of para-hydroxylation sites is 1. The molecule has 0 radical (unpaired) electrons. The predicted octanol–water partition coefficient (Wildman–Crippen LogP) is 4.08. The first kappa shape index (κ1) is 19.0. The van der Waals surface area contributed by atoms with Crippen molar-refractivity contribution in [1.29, 1.82) is 0 Å². The number of amides is 1. The van der Waals surface area contributed by atoms with Gasteiger partial charge in [-0.25, -0.2) is 4.39 Å². The maximum absolute atomic E-state index is 13.8. The first-order chi connectivity index (χ1) is 13.5. The average Bonchev–Trinajstić information content (AvgIpc) is 2.93. The lowest BCUT2D eigenvalue weighted by Gasteiger charge is -2.21. The van der Waals surface area contributed by atoms with Crippen LogP contribution in [0.2, 0.25) is 0 Å². The van der Waals surface area contributed by atoms with E-state index in [-0.39, 0.29) is 25.1 Å². The molecule has 0 spiro atoms. The summed E-state index contributed by atoms with van der Waals surface area (Å²) in [4.78, 5) is 12.5. The number of hydrogen-bond acceptors (Lipinski definition) is 3. The normalized spacial score (nSPS) is 13.2. The number of halogens is 2. The highest BCUT2D eigenvalue weighted by Crippen LogP contribution is 2.31. The van der Waals surface area contributed by atoms with E-state index in [4.69, 9.17) is 9.47 Å². The Balaban J connectivity index is 1.43. The summed E-state index contributed by atoms with van der Waals surface area (Å²) in [5, 5.41) is 4.00. The van der Waals surface area contributed by atoms with Crippen molar-refractivity contribution in [1.82, 2.24) is 9.88 Å². The van der Waals surface area contributed by atoms with Crippen molar-refractivity contribution in [2.75, 3.05) is 13.3 Å². The lowest BCUT2D eigenvalue weighted by atomic mass is 10.1. The molecule has 0 saturated carbocycles. The number of nitrogens with zero attached hydrogens (tertiary/aromatic N) is 1. The third-order valence-electron chi connectivity index (χ3n) is 4.92. The van der Waals surface area contributed by atoms with Gasteiger partial charge in [0, 0.05) is 33.2 Å². The Labute approximate surface area is 170 Å². The Kier molecular flexibility index (Phi) is 5.37. The Morgan fingerprint density at radius 3 is 3.00 bits per heavy atom. The highest BCUT2D eigenvalue weighted by molar-refractivity contribution is 9.10. The first-order valence-electron chi connectivity index (χ1n) is 9.06. The van der Waals surface area contributed by atoms with Crippen LogP contribution in [0, 0.1) is 12.7 Å². The van der Waals surface area contributed by atoms with Crippen molar-refractivity contribution in [2.45, 2.75) is 26.5 Å². The van der Waals surface area contributed by atoms with Crippen molar-refractivity contribution in [2.24, 2.45) is 0 Å². The summed E-state index contributed by atoms with van der Waals surface area (Å²) < 4.78 is 27.5. The third kappa shape index (κ3) is 3.64. The number of carbonyl (C=O) groups is 1. The Morgan fingerprint density at radius 1 is 1.32 bits per heavy atom. The molecule has 0 unspecified atom stereocenters. The van der Waals surface area contributed by atoms with Gasteiger partial charge in [0.1, 0.15) is 18.1 Å². The van der Waals surface area contributed by atoms with Crippen LogP contribution in [0.15, 0.2) is 40.9 Å². The second kappa shape index (κ2) is 7.93. The lowest BCUT2D eigenvalue weighted by molar-refractivity contribution is -0.121. The molecule has 1 aliphatic heterocycles. The molecule has 1 N–H and O–H groups in total. The average molecular weight is 447 g/mol. The molecular weight excluding hydrogens is 427 g/mol. The van der Waals surface area contributed by atoms with Crippen molar-refractivity contribution in [3.05, 3.63) is 63.5 Å². The van der Waals surface area contributed by atoms with Gasteiger partial charge in [-0.1, -0.05) is 18.2 Å². The number of benzene rings is 2. The summed E-state index contributed by atoms with van der Waals surface area (Å²) in [5.74, 6) is 0.248. The largest absolute Gasteiger partial charge is 0.467 e. The van der Waals surface area contributed by atoms with E-state index in [0.29, 0.717) is 30.9 Å². The molecule has 1 aliphatic rings. The van der Waals surface area contributed by atoms with E-state index < -0.39 is 0 Å². The molecule has 3 aromatic rings. The lowest BCUT2D eigenvalue weighted by Crippen LogP contribution is -2.30. The van der Waals surface area contributed by atoms with E-state index in [1.54, 1.807) is 0 Å². The molecule has 0 fully saturated rings. The molecule has 146 valence electrons. The number of nitrogens with one attached hydrogen (secondary N) is 1. The molecule has 5 nitrogen and oxygen atoms in total. The van der Waals surface area contributed by atoms with Gasteiger partial charge in [0.2, 0.25) is 5.91 Å². The SMILES string of the molecule is Cc1c(Br)c2ccccc2n1CC(=O)NCCc1cc(F)cc2c1OCOC2. The second-order valence-corrected chi connectivity index (χ2v) is 7.56. The van der Waals surface area contributed by atoms with Gasteiger partial charge >= 0.3 is 0 Å². The third-order valence-corrected chi connectivity index (χ3v) is 5.92. The van der Waals surface area contributed by atoms with Crippen LogP contribution < -0.4 is 10.1 Å². The van der Waals surface area contributed by atoms with E-state index in [0.717, 1.165) is 26.6 Å². The number of hydrogen-bond donors (Lipinski definition) is 1. The molecule has 4 rings (SSSR count). The van der Waals surface area contributed by atoms with Gasteiger partial charge in [-0.05, 0) is 53.0 Å². The van der Waals surface area contributed by atoms with E-state index in [2.05, 4.69) is 21.2 Å². The standard InChI is InChI=1S/C21H20BrFN2O3/c1-13-20(22)17-4-2-3-5-18(17)25(13)10-19(26)24-7-6-14-8-16(23)9-15-11-27-12-28-21(14)15/h2-5,8-9H,6-7,10-12H2,1H3,(H,24,26). The fourth-order valence-electron chi connectivity index (χ4n) is 3.57. The Bertz CT molecular complexity index is 1050. The molecule has 2 aromatic carbocycles.